The fourth-order valence-corrected chi connectivity index (χ4v) is 2.88. The molecule has 1 amide bonds. The first kappa shape index (κ1) is 16.0. The summed E-state index contributed by atoms with van der Waals surface area (Å²) in [7, 11) is 0. The third-order valence-electron chi connectivity index (χ3n) is 2.82. The average Bonchev–Trinajstić information content (AvgIpc) is 2.95. The van der Waals surface area contributed by atoms with Crippen LogP contribution in [0.15, 0.2) is 40.2 Å². The van der Waals surface area contributed by atoms with Gasteiger partial charge < -0.3 is 10.1 Å². The maximum atomic E-state index is 13.0. The van der Waals surface area contributed by atoms with Crippen LogP contribution in [-0.4, -0.2) is 18.6 Å². The predicted octanol–water partition coefficient (Wildman–Crippen LogP) is 3.78. The predicted molar refractivity (Wildman–Crippen MR) is 85.2 cm³/mol. The Morgan fingerprint density at radius 1 is 1.48 bits per heavy atom. The summed E-state index contributed by atoms with van der Waals surface area (Å²) < 4.78 is 19.0. The van der Waals surface area contributed by atoms with E-state index in [2.05, 4.69) is 21.2 Å². The van der Waals surface area contributed by atoms with Crippen LogP contribution >= 0.6 is 27.3 Å². The number of ether oxygens (including phenoxy) is 1. The van der Waals surface area contributed by atoms with Gasteiger partial charge in [-0.25, -0.2) is 4.39 Å². The lowest BCUT2D eigenvalue weighted by Gasteiger charge is -2.15. The van der Waals surface area contributed by atoms with Crippen LogP contribution in [0.5, 0.6) is 5.75 Å². The van der Waals surface area contributed by atoms with Gasteiger partial charge in [0, 0.05) is 11.4 Å². The van der Waals surface area contributed by atoms with Crippen molar-refractivity contribution in [2.45, 2.75) is 19.4 Å². The van der Waals surface area contributed by atoms with Crippen LogP contribution in [0.2, 0.25) is 0 Å². The first-order valence-electron chi connectivity index (χ1n) is 6.48. The molecule has 1 atom stereocenters. The first-order valence-corrected chi connectivity index (χ1v) is 8.15. The van der Waals surface area contributed by atoms with Crippen LogP contribution in [0.1, 0.15) is 11.8 Å². The summed E-state index contributed by atoms with van der Waals surface area (Å²) in [6, 6.07) is 8.11. The molecule has 112 valence electrons. The van der Waals surface area contributed by atoms with Crippen LogP contribution < -0.4 is 10.1 Å². The molecule has 0 aliphatic heterocycles. The van der Waals surface area contributed by atoms with Crippen molar-refractivity contribution in [3.8, 4) is 5.75 Å². The monoisotopic (exact) mass is 371 g/mol. The van der Waals surface area contributed by atoms with E-state index in [-0.39, 0.29) is 11.7 Å². The Kier molecular flexibility index (Phi) is 5.76. The van der Waals surface area contributed by atoms with Crippen molar-refractivity contribution in [3.05, 3.63) is 50.9 Å². The van der Waals surface area contributed by atoms with E-state index in [1.54, 1.807) is 18.3 Å². The number of carbonyl (C=O) groups is 1. The molecule has 0 aliphatic rings. The number of hydrogen-bond acceptors (Lipinski definition) is 3. The summed E-state index contributed by atoms with van der Waals surface area (Å²) in [5.41, 5.74) is 0. The van der Waals surface area contributed by atoms with E-state index in [9.17, 15) is 9.18 Å². The van der Waals surface area contributed by atoms with Crippen molar-refractivity contribution in [3.63, 3.8) is 0 Å². The molecule has 0 saturated heterocycles. The zero-order valence-electron chi connectivity index (χ0n) is 11.4. The molecule has 0 aliphatic carbocycles. The molecular formula is C15H15BrFNO2S. The molecule has 6 heteroatoms. The maximum absolute atomic E-state index is 13.0. The van der Waals surface area contributed by atoms with E-state index in [1.165, 1.54) is 23.1 Å². The number of hydrogen-bond donors (Lipinski definition) is 1. The number of rotatable bonds is 6. The maximum Gasteiger partial charge on any atom is 0.260 e. The summed E-state index contributed by atoms with van der Waals surface area (Å²) in [6.45, 7) is 2.23. The molecule has 1 aromatic carbocycles. The smallest absolute Gasteiger partial charge is 0.260 e. The fourth-order valence-electron chi connectivity index (χ4n) is 1.72. The van der Waals surface area contributed by atoms with Crippen LogP contribution in [0.4, 0.5) is 4.39 Å². The van der Waals surface area contributed by atoms with Crippen molar-refractivity contribution in [1.29, 1.82) is 0 Å². The highest BCUT2D eigenvalue weighted by atomic mass is 79.9. The minimum atomic E-state index is -0.643. The van der Waals surface area contributed by atoms with Crippen molar-refractivity contribution < 1.29 is 13.9 Å². The first-order chi connectivity index (χ1) is 10.1. The molecule has 1 N–H and O–H groups in total. The molecule has 1 unspecified atom stereocenters. The van der Waals surface area contributed by atoms with E-state index < -0.39 is 6.10 Å². The number of benzene rings is 1. The Hall–Kier alpha value is -1.40. The van der Waals surface area contributed by atoms with E-state index >= 15 is 0 Å². The summed E-state index contributed by atoms with van der Waals surface area (Å²) in [5, 5.41) is 4.83. The number of thiophene rings is 1. The largest absolute Gasteiger partial charge is 0.480 e. The molecular weight excluding hydrogens is 357 g/mol. The molecule has 1 heterocycles. The van der Waals surface area contributed by atoms with Gasteiger partial charge in [0.15, 0.2) is 6.10 Å². The normalized spacial score (nSPS) is 12.0. The fraction of sp³-hybridized carbons (Fsp3) is 0.267. The molecule has 0 radical (unpaired) electrons. The van der Waals surface area contributed by atoms with Gasteiger partial charge in [0.1, 0.15) is 11.6 Å². The lowest BCUT2D eigenvalue weighted by molar-refractivity contribution is -0.127. The van der Waals surface area contributed by atoms with Crippen LogP contribution in [0.25, 0.3) is 0 Å². The van der Waals surface area contributed by atoms with E-state index in [4.69, 9.17) is 4.74 Å². The Bertz CT molecular complexity index is 604. The van der Waals surface area contributed by atoms with E-state index in [1.807, 2.05) is 17.5 Å². The number of halogens is 2. The van der Waals surface area contributed by atoms with Crippen molar-refractivity contribution in [2.75, 3.05) is 6.54 Å². The standard InChI is InChI=1S/C15H15BrFNO2S/c1-10(20-14-5-4-11(17)9-13(14)16)15(19)18-7-6-12-3-2-8-21-12/h2-5,8-10H,6-7H2,1H3,(H,18,19). The number of amides is 1. The topological polar surface area (TPSA) is 38.3 Å². The molecule has 0 fully saturated rings. The molecule has 3 nitrogen and oxygen atoms in total. The molecule has 0 spiro atoms. The zero-order valence-corrected chi connectivity index (χ0v) is 13.8. The van der Waals surface area contributed by atoms with Gasteiger partial charge in [0.05, 0.1) is 4.47 Å². The average molecular weight is 372 g/mol. The highest BCUT2D eigenvalue weighted by Crippen LogP contribution is 2.26. The van der Waals surface area contributed by atoms with E-state index in [0.717, 1.165) is 6.42 Å². The SMILES string of the molecule is CC(Oc1ccc(F)cc1Br)C(=O)NCCc1cccs1. The van der Waals surface area contributed by atoms with Gasteiger partial charge in [0.25, 0.3) is 5.91 Å². The van der Waals surface area contributed by atoms with Gasteiger partial charge in [-0.3, -0.25) is 4.79 Å². The number of nitrogens with one attached hydrogen (secondary N) is 1. The van der Waals surface area contributed by atoms with Crippen molar-refractivity contribution in [2.24, 2.45) is 0 Å². The summed E-state index contributed by atoms with van der Waals surface area (Å²) in [5.74, 6) is -0.109. The molecule has 2 aromatic rings. The molecule has 1 aromatic heterocycles. The van der Waals surface area contributed by atoms with Crippen molar-refractivity contribution >= 4 is 33.2 Å². The second-order valence-electron chi connectivity index (χ2n) is 4.46. The Balaban J connectivity index is 1.81. The van der Waals surface area contributed by atoms with E-state index in [0.29, 0.717) is 16.8 Å². The van der Waals surface area contributed by atoms with Crippen LogP contribution in [-0.2, 0) is 11.2 Å². The minimum absolute atomic E-state index is 0.192. The van der Waals surface area contributed by atoms with Gasteiger partial charge in [-0.1, -0.05) is 6.07 Å². The van der Waals surface area contributed by atoms with Gasteiger partial charge in [-0.2, -0.15) is 0 Å². The minimum Gasteiger partial charge on any atom is -0.480 e. The van der Waals surface area contributed by atoms with Crippen LogP contribution in [0, 0.1) is 5.82 Å². The van der Waals surface area contributed by atoms with Gasteiger partial charge >= 0.3 is 0 Å². The molecule has 21 heavy (non-hydrogen) atoms. The van der Waals surface area contributed by atoms with Crippen molar-refractivity contribution in [1.82, 2.24) is 5.32 Å². The molecule has 2 rings (SSSR count). The van der Waals surface area contributed by atoms with Gasteiger partial charge in [0.2, 0.25) is 0 Å². The highest BCUT2D eigenvalue weighted by Gasteiger charge is 2.15. The number of carbonyl (C=O) groups excluding carboxylic acids is 1. The Morgan fingerprint density at radius 3 is 2.95 bits per heavy atom. The Morgan fingerprint density at radius 2 is 2.29 bits per heavy atom. The Labute approximate surface area is 135 Å². The third kappa shape index (κ3) is 4.82. The highest BCUT2D eigenvalue weighted by molar-refractivity contribution is 9.10. The van der Waals surface area contributed by atoms with Crippen LogP contribution in [0.3, 0.4) is 0 Å². The van der Waals surface area contributed by atoms with Gasteiger partial charge in [-0.05, 0) is 58.9 Å². The molecule has 0 bridgehead atoms. The lowest BCUT2D eigenvalue weighted by atomic mass is 10.3. The quantitative estimate of drug-likeness (QED) is 0.838. The molecule has 0 saturated carbocycles. The summed E-state index contributed by atoms with van der Waals surface area (Å²) in [4.78, 5) is 13.2. The lowest BCUT2D eigenvalue weighted by Crippen LogP contribution is -2.37. The second kappa shape index (κ2) is 7.56. The summed E-state index contributed by atoms with van der Waals surface area (Å²) >= 11 is 4.87. The second-order valence-corrected chi connectivity index (χ2v) is 6.34. The zero-order chi connectivity index (χ0) is 15.2. The van der Waals surface area contributed by atoms with Gasteiger partial charge in [-0.15, -0.1) is 11.3 Å². The summed E-state index contributed by atoms with van der Waals surface area (Å²) in [6.07, 6.45) is 0.159. The third-order valence-corrected chi connectivity index (χ3v) is 4.37.